The molecule has 1 N–H and O–H groups in total. The normalized spacial score (nSPS) is 16.2. The summed E-state index contributed by atoms with van der Waals surface area (Å²) >= 11 is 0. The van der Waals surface area contributed by atoms with E-state index in [2.05, 4.69) is 10.5 Å². The second-order valence-corrected chi connectivity index (χ2v) is 7.72. The van der Waals surface area contributed by atoms with Crippen LogP contribution in [-0.2, 0) is 10.2 Å². The summed E-state index contributed by atoms with van der Waals surface area (Å²) in [7, 11) is 2.84. The molecule has 0 spiro atoms. The number of nitro groups is 1. The standard InChI is InChI=1S/C25H23N3O5/c1-32-22-13-17(21(28(30)31)14-23(22)33-2)16-26-27-24(29)20-15-25(20,18-9-5-3-6-10-18)19-11-7-4-8-12-19/h3-14,16,20H,15H2,1-2H3,(H,27,29). The maximum Gasteiger partial charge on any atom is 0.282 e. The Morgan fingerprint density at radius 3 is 2.09 bits per heavy atom. The molecule has 0 radical (unpaired) electrons. The van der Waals surface area contributed by atoms with Gasteiger partial charge in [-0.05, 0) is 23.6 Å². The van der Waals surface area contributed by atoms with E-state index in [4.69, 9.17) is 9.47 Å². The van der Waals surface area contributed by atoms with Gasteiger partial charge < -0.3 is 9.47 Å². The molecule has 3 aromatic rings. The second kappa shape index (κ2) is 9.12. The van der Waals surface area contributed by atoms with Crippen molar-refractivity contribution >= 4 is 17.8 Å². The highest BCUT2D eigenvalue weighted by atomic mass is 16.6. The van der Waals surface area contributed by atoms with Crippen LogP contribution in [0.3, 0.4) is 0 Å². The molecule has 0 aliphatic heterocycles. The van der Waals surface area contributed by atoms with Crippen LogP contribution in [-0.4, -0.2) is 31.3 Å². The molecule has 1 unspecified atom stereocenters. The Morgan fingerprint density at radius 1 is 1.03 bits per heavy atom. The van der Waals surface area contributed by atoms with E-state index in [1.165, 1.54) is 32.6 Å². The van der Waals surface area contributed by atoms with E-state index >= 15 is 0 Å². The third-order valence-corrected chi connectivity index (χ3v) is 5.96. The minimum Gasteiger partial charge on any atom is -0.493 e. The molecule has 4 rings (SSSR count). The first-order chi connectivity index (χ1) is 16.0. The zero-order valence-electron chi connectivity index (χ0n) is 18.2. The fourth-order valence-electron chi connectivity index (χ4n) is 4.24. The van der Waals surface area contributed by atoms with E-state index < -0.39 is 10.3 Å². The molecule has 3 aromatic carbocycles. The van der Waals surface area contributed by atoms with Crippen LogP contribution in [0.4, 0.5) is 5.69 Å². The summed E-state index contributed by atoms with van der Waals surface area (Å²) in [5.41, 5.74) is 4.25. The van der Waals surface area contributed by atoms with E-state index in [1.54, 1.807) is 0 Å². The molecule has 1 aliphatic rings. The lowest BCUT2D eigenvalue weighted by Crippen LogP contribution is -2.25. The maximum absolute atomic E-state index is 13.0. The van der Waals surface area contributed by atoms with Gasteiger partial charge in [-0.1, -0.05) is 60.7 Å². The third-order valence-electron chi connectivity index (χ3n) is 5.96. The predicted octanol–water partition coefficient (Wildman–Crippen LogP) is 4.07. The number of amides is 1. The molecule has 1 aliphatic carbocycles. The monoisotopic (exact) mass is 445 g/mol. The van der Waals surface area contributed by atoms with Gasteiger partial charge in [0, 0.05) is 5.41 Å². The average Bonchev–Trinajstić information content (AvgIpc) is 3.62. The number of carbonyl (C=O) groups excluding carboxylic acids is 1. The molecule has 8 heteroatoms. The van der Waals surface area contributed by atoms with Crippen molar-refractivity contribution in [3.05, 3.63) is 99.6 Å². The summed E-state index contributed by atoms with van der Waals surface area (Å²) in [5, 5.41) is 15.5. The van der Waals surface area contributed by atoms with Crippen molar-refractivity contribution in [2.75, 3.05) is 14.2 Å². The number of benzene rings is 3. The summed E-state index contributed by atoms with van der Waals surface area (Å²) < 4.78 is 10.3. The molecule has 1 atom stereocenters. The van der Waals surface area contributed by atoms with E-state index in [0.717, 1.165) is 11.1 Å². The van der Waals surface area contributed by atoms with Gasteiger partial charge in [0.25, 0.3) is 5.69 Å². The molecule has 0 saturated heterocycles. The summed E-state index contributed by atoms with van der Waals surface area (Å²) in [6.07, 6.45) is 1.89. The van der Waals surface area contributed by atoms with Gasteiger partial charge in [-0.15, -0.1) is 0 Å². The highest BCUT2D eigenvalue weighted by Crippen LogP contribution is 2.58. The van der Waals surface area contributed by atoms with Crippen molar-refractivity contribution in [3.63, 3.8) is 0 Å². The summed E-state index contributed by atoms with van der Waals surface area (Å²) in [6.45, 7) is 0. The van der Waals surface area contributed by atoms with Gasteiger partial charge in [0.05, 0.1) is 42.9 Å². The molecule has 1 amide bonds. The molecule has 0 aromatic heterocycles. The zero-order chi connectivity index (χ0) is 23.4. The number of methoxy groups -OCH3 is 2. The van der Waals surface area contributed by atoms with E-state index in [-0.39, 0.29) is 28.8 Å². The van der Waals surface area contributed by atoms with Crippen LogP contribution in [0.1, 0.15) is 23.1 Å². The molecule has 33 heavy (non-hydrogen) atoms. The predicted molar refractivity (Wildman–Crippen MR) is 124 cm³/mol. The van der Waals surface area contributed by atoms with Crippen LogP contribution in [0.25, 0.3) is 0 Å². The number of hydrogen-bond acceptors (Lipinski definition) is 6. The second-order valence-electron chi connectivity index (χ2n) is 7.72. The first-order valence-corrected chi connectivity index (χ1v) is 10.4. The lowest BCUT2D eigenvalue weighted by atomic mass is 9.85. The minimum atomic E-state index is -0.540. The number of ether oxygens (including phenoxy) is 2. The van der Waals surface area contributed by atoms with Crippen LogP contribution in [0, 0.1) is 16.0 Å². The van der Waals surface area contributed by atoms with Crippen LogP contribution in [0.5, 0.6) is 11.5 Å². The zero-order valence-corrected chi connectivity index (χ0v) is 18.2. The van der Waals surface area contributed by atoms with Crippen molar-refractivity contribution in [1.29, 1.82) is 0 Å². The van der Waals surface area contributed by atoms with Gasteiger partial charge in [-0.25, -0.2) is 5.43 Å². The van der Waals surface area contributed by atoms with Crippen LogP contribution in [0.2, 0.25) is 0 Å². The average molecular weight is 445 g/mol. The molecule has 1 saturated carbocycles. The molecule has 0 bridgehead atoms. The largest absolute Gasteiger partial charge is 0.493 e. The summed E-state index contributed by atoms with van der Waals surface area (Å²) in [4.78, 5) is 23.9. The van der Waals surface area contributed by atoms with Gasteiger partial charge in [-0.3, -0.25) is 14.9 Å². The number of nitrogens with one attached hydrogen (secondary N) is 1. The van der Waals surface area contributed by atoms with Crippen molar-refractivity contribution in [3.8, 4) is 11.5 Å². The van der Waals surface area contributed by atoms with E-state index in [9.17, 15) is 14.9 Å². The number of hydrogen-bond donors (Lipinski definition) is 1. The number of hydrazone groups is 1. The summed E-state index contributed by atoms with van der Waals surface area (Å²) in [5.74, 6) is 0.00559. The number of nitrogens with zero attached hydrogens (tertiary/aromatic N) is 2. The molecular formula is C25H23N3O5. The first-order valence-electron chi connectivity index (χ1n) is 10.4. The Labute approximate surface area is 191 Å². The van der Waals surface area contributed by atoms with Gasteiger partial charge in [-0.2, -0.15) is 5.10 Å². The van der Waals surface area contributed by atoms with E-state index in [0.29, 0.717) is 12.2 Å². The fourth-order valence-corrected chi connectivity index (χ4v) is 4.24. The molecule has 8 nitrogen and oxygen atoms in total. The number of rotatable bonds is 8. The van der Waals surface area contributed by atoms with Gasteiger partial charge in [0.2, 0.25) is 5.91 Å². The Hall–Kier alpha value is -4.20. The van der Waals surface area contributed by atoms with Crippen molar-refractivity contribution in [2.45, 2.75) is 11.8 Å². The van der Waals surface area contributed by atoms with E-state index in [1.807, 2.05) is 60.7 Å². The first kappa shape index (κ1) is 22.0. The highest BCUT2D eigenvalue weighted by Gasteiger charge is 2.60. The Morgan fingerprint density at radius 2 is 1.58 bits per heavy atom. The molecular weight excluding hydrogens is 422 g/mol. The number of carbonyl (C=O) groups is 1. The van der Waals surface area contributed by atoms with Crippen molar-refractivity contribution < 1.29 is 19.2 Å². The lowest BCUT2D eigenvalue weighted by Gasteiger charge is -2.18. The van der Waals surface area contributed by atoms with Crippen LogP contribution < -0.4 is 14.9 Å². The molecule has 1 fully saturated rings. The van der Waals surface area contributed by atoms with Gasteiger partial charge in [0.15, 0.2) is 11.5 Å². The van der Waals surface area contributed by atoms with Crippen LogP contribution >= 0.6 is 0 Å². The van der Waals surface area contributed by atoms with Gasteiger partial charge >= 0.3 is 0 Å². The smallest absolute Gasteiger partial charge is 0.282 e. The van der Waals surface area contributed by atoms with Crippen molar-refractivity contribution in [2.24, 2.45) is 11.0 Å². The Kier molecular flexibility index (Phi) is 6.08. The SMILES string of the molecule is COc1cc(C=NNC(=O)C2CC2(c2ccccc2)c2ccccc2)c([N+](=O)[O-])cc1OC. The third kappa shape index (κ3) is 4.15. The lowest BCUT2D eigenvalue weighted by molar-refractivity contribution is -0.385. The van der Waals surface area contributed by atoms with Crippen LogP contribution in [0.15, 0.2) is 77.9 Å². The minimum absolute atomic E-state index is 0.186. The fraction of sp³-hybridized carbons (Fsp3) is 0.200. The number of nitro benzene ring substituents is 1. The Balaban J connectivity index is 1.57. The van der Waals surface area contributed by atoms with Gasteiger partial charge in [0.1, 0.15) is 0 Å². The molecule has 168 valence electrons. The topological polar surface area (TPSA) is 103 Å². The Bertz CT molecular complexity index is 1160. The molecule has 0 heterocycles. The summed E-state index contributed by atoms with van der Waals surface area (Å²) in [6, 6.07) is 22.5. The van der Waals surface area contributed by atoms with Crippen molar-refractivity contribution in [1.82, 2.24) is 5.43 Å². The highest BCUT2D eigenvalue weighted by molar-refractivity contribution is 5.90. The quantitative estimate of drug-likeness (QED) is 0.320. The maximum atomic E-state index is 13.0.